The van der Waals surface area contributed by atoms with Gasteiger partial charge in [0.15, 0.2) is 6.29 Å². The van der Waals surface area contributed by atoms with E-state index in [-0.39, 0.29) is 0 Å². The van der Waals surface area contributed by atoms with Crippen LogP contribution in [0.15, 0.2) is 36.4 Å². The zero-order chi connectivity index (χ0) is 36.5. The molecule has 2 aromatic carbocycles. The second-order valence-corrected chi connectivity index (χ2v) is 15.0. The molecule has 3 nitrogen and oxygen atoms in total. The number of ether oxygens (including phenoxy) is 1. The van der Waals surface area contributed by atoms with E-state index in [0.29, 0.717) is 6.42 Å². The molecule has 3 heteroatoms. The highest BCUT2D eigenvalue weighted by atomic mass is 16.5. The normalized spacial score (nSPS) is 11.2. The molecule has 0 aliphatic rings. The summed E-state index contributed by atoms with van der Waals surface area (Å²) in [6, 6.07) is 14.4. The van der Waals surface area contributed by atoms with Gasteiger partial charge < -0.3 is 14.9 Å². The molecule has 0 fully saturated rings. The molecule has 0 aliphatic heterocycles. The summed E-state index contributed by atoms with van der Waals surface area (Å²) in [5.41, 5.74) is 5.89. The van der Waals surface area contributed by atoms with E-state index < -0.39 is 6.29 Å². The topological polar surface area (TPSA) is 49.7 Å². The van der Waals surface area contributed by atoms with E-state index in [9.17, 15) is 0 Å². The van der Waals surface area contributed by atoms with Crippen molar-refractivity contribution in [2.24, 2.45) is 0 Å². The minimum absolute atomic E-state index is 0.417. The molecule has 0 unspecified atom stereocenters. The Balaban J connectivity index is 0.00000232. The predicted octanol–water partition coefficient (Wildman–Crippen LogP) is 14.8. The summed E-state index contributed by atoms with van der Waals surface area (Å²) in [5, 5.41) is 15.8. The molecule has 2 rings (SSSR count). The lowest BCUT2D eigenvalue weighted by atomic mass is 9.99. The van der Waals surface area contributed by atoms with Crippen LogP contribution in [0, 0.1) is 0 Å². The molecule has 288 valence electrons. The van der Waals surface area contributed by atoms with Crippen LogP contribution in [0.3, 0.4) is 0 Å². The summed E-state index contributed by atoms with van der Waals surface area (Å²) in [6.45, 7) is 10.9. The Morgan fingerprint density at radius 2 is 0.580 bits per heavy atom. The number of aryl methyl sites for hydroxylation is 4. The molecule has 0 bridgehead atoms. The van der Waals surface area contributed by atoms with Gasteiger partial charge in [0.1, 0.15) is 11.5 Å². The molecule has 0 saturated carbocycles. The average Bonchev–Trinajstić information content (AvgIpc) is 3.11. The first-order valence-electron chi connectivity index (χ1n) is 21.7. The van der Waals surface area contributed by atoms with Gasteiger partial charge in [-0.15, -0.1) is 0 Å². The first-order valence-corrected chi connectivity index (χ1v) is 21.7. The molecule has 50 heavy (non-hydrogen) atoms. The van der Waals surface area contributed by atoms with Crippen LogP contribution in [0.25, 0.3) is 0 Å². The minimum atomic E-state index is -1.12. The van der Waals surface area contributed by atoms with Gasteiger partial charge in [0.05, 0.1) is 0 Å². The van der Waals surface area contributed by atoms with Crippen molar-refractivity contribution in [2.45, 2.75) is 227 Å². The molecule has 2 aromatic rings. The maximum absolute atomic E-state index is 7.92. The Morgan fingerprint density at radius 1 is 0.360 bits per heavy atom. The predicted molar refractivity (Wildman–Crippen MR) is 220 cm³/mol. The Bertz CT molecular complexity index is 883. The average molecular weight is 695 g/mol. The maximum Gasteiger partial charge on any atom is 0.151 e. The maximum atomic E-state index is 7.92. The van der Waals surface area contributed by atoms with Gasteiger partial charge >= 0.3 is 0 Å². The van der Waals surface area contributed by atoms with Gasteiger partial charge in [-0.3, -0.25) is 0 Å². The molecule has 2 N–H and O–H groups in total. The molecule has 0 radical (unpaired) electrons. The summed E-state index contributed by atoms with van der Waals surface area (Å²) >= 11 is 0. The van der Waals surface area contributed by atoms with Crippen molar-refractivity contribution in [3.8, 4) is 11.5 Å². The van der Waals surface area contributed by atoms with Gasteiger partial charge in [0.25, 0.3) is 0 Å². The van der Waals surface area contributed by atoms with Crippen LogP contribution in [0.1, 0.15) is 217 Å². The van der Waals surface area contributed by atoms with E-state index in [1.54, 1.807) is 6.92 Å². The molecule has 0 aromatic heterocycles. The summed E-state index contributed by atoms with van der Waals surface area (Å²) in [6.07, 6.45) is 36.4. The van der Waals surface area contributed by atoms with Crippen molar-refractivity contribution in [1.82, 2.24) is 0 Å². The third-order valence-electron chi connectivity index (χ3n) is 9.93. The zero-order valence-electron chi connectivity index (χ0n) is 33.9. The fraction of sp³-hybridized carbons (Fsp3) is 0.745. The second-order valence-electron chi connectivity index (χ2n) is 15.0. The van der Waals surface area contributed by atoms with E-state index in [1.807, 2.05) is 0 Å². The number of unbranched alkanes of at least 4 members (excludes halogenated alkanes) is 20. The summed E-state index contributed by atoms with van der Waals surface area (Å²) in [4.78, 5) is 0. The SMILES string of the molecule is CCC(O)O.CCCCCCCCc1cc(CCCCCCCC)cc(Oc2cc(CCCCCCCC)cc(CCCCCCCC)c2)c1. The van der Waals surface area contributed by atoms with Crippen molar-refractivity contribution in [3.63, 3.8) is 0 Å². The highest BCUT2D eigenvalue weighted by Gasteiger charge is 2.08. The monoisotopic (exact) mass is 695 g/mol. The number of rotatable bonds is 31. The molecule has 0 spiro atoms. The third-order valence-corrected chi connectivity index (χ3v) is 9.93. The summed E-state index contributed by atoms with van der Waals surface area (Å²) in [7, 11) is 0. The van der Waals surface area contributed by atoms with E-state index in [1.165, 1.54) is 202 Å². The lowest BCUT2D eigenvalue weighted by Crippen LogP contribution is -1.99. The van der Waals surface area contributed by atoms with Crippen molar-refractivity contribution in [2.75, 3.05) is 0 Å². The summed E-state index contributed by atoms with van der Waals surface area (Å²) < 4.78 is 6.78. The molecular weight excluding hydrogens is 613 g/mol. The Hall–Kier alpha value is -1.84. The van der Waals surface area contributed by atoms with Crippen molar-refractivity contribution in [1.29, 1.82) is 0 Å². The number of hydrogen-bond donors (Lipinski definition) is 2. The minimum Gasteiger partial charge on any atom is -0.457 e. The van der Waals surface area contributed by atoms with Crippen LogP contribution in [-0.2, 0) is 25.7 Å². The quantitative estimate of drug-likeness (QED) is 0.0610. The Morgan fingerprint density at radius 3 is 0.800 bits per heavy atom. The van der Waals surface area contributed by atoms with Crippen LogP contribution in [0.2, 0.25) is 0 Å². The van der Waals surface area contributed by atoms with E-state index in [4.69, 9.17) is 14.9 Å². The zero-order valence-corrected chi connectivity index (χ0v) is 33.9. The molecular formula is C47H82O3. The van der Waals surface area contributed by atoms with Crippen LogP contribution in [0.5, 0.6) is 11.5 Å². The highest BCUT2D eigenvalue weighted by Crippen LogP contribution is 2.29. The molecule has 0 atom stereocenters. The molecule has 0 amide bonds. The van der Waals surface area contributed by atoms with Gasteiger partial charge in [-0.05, 0) is 104 Å². The largest absolute Gasteiger partial charge is 0.457 e. The Kier molecular flexibility index (Phi) is 30.5. The Labute approximate surface area is 311 Å². The fourth-order valence-corrected chi connectivity index (χ4v) is 6.73. The van der Waals surface area contributed by atoms with Gasteiger partial charge in [-0.2, -0.15) is 0 Å². The summed E-state index contributed by atoms with van der Waals surface area (Å²) in [5.74, 6) is 2.11. The van der Waals surface area contributed by atoms with Crippen molar-refractivity contribution < 1.29 is 14.9 Å². The second kappa shape index (κ2) is 33.0. The highest BCUT2D eigenvalue weighted by molar-refractivity contribution is 5.41. The van der Waals surface area contributed by atoms with Crippen LogP contribution >= 0.6 is 0 Å². The van der Waals surface area contributed by atoms with Crippen LogP contribution in [0.4, 0.5) is 0 Å². The number of aliphatic hydroxyl groups excluding tert-OH is 1. The standard InChI is InChI=1S/C44H74O.C3H8O2/c1-5-9-13-17-21-25-29-39-33-40(30-26-22-18-14-10-6-2)36-43(35-39)45-44-37-41(31-27-23-19-15-11-7-3)34-42(38-44)32-28-24-20-16-12-8-4;1-2-3(4)5/h33-38H,5-32H2,1-4H3;3-5H,2H2,1H3. The molecule has 0 saturated heterocycles. The van der Waals surface area contributed by atoms with Crippen LogP contribution in [-0.4, -0.2) is 16.5 Å². The first-order chi connectivity index (χ1) is 24.4. The molecule has 0 aliphatic carbocycles. The lowest BCUT2D eigenvalue weighted by Gasteiger charge is -2.14. The lowest BCUT2D eigenvalue weighted by molar-refractivity contribution is -0.0413. The van der Waals surface area contributed by atoms with Gasteiger partial charge in [0.2, 0.25) is 0 Å². The van der Waals surface area contributed by atoms with Crippen molar-refractivity contribution >= 4 is 0 Å². The third kappa shape index (κ3) is 26.0. The van der Waals surface area contributed by atoms with Gasteiger partial charge in [0, 0.05) is 0 Å². The van der Waals surface area contributed by atoms with E-state index in [2.05, 4.69) is 64.1 Å². The molecule has 0 heterocycles. The fourth-order valence-electron chi connectivity index (χ4n) is 6.73. The van der Waals surface area contributed by atoms with E-state index in [0.717, 1.165) is 11.5 Å². The van der Waals surface area contributed by atoms with Crippen LogP contribution < -0.4 is 4.74 Å². The number of hydrogen-bond acceptors (Lipinski definition) is 3. The first kappa shape index (κ1) is 46.2. The van der Waals surface area contributed by atoms with Crippen molar-refractivity contribution in [3.05, 3.63) is 58.7 Å². The number of aliphatic hydroxyl groups is 2. The smallest absolute Gasteiger partial charge is 0.151 e. The van der Waals surface area contributed by atoms with Gasteiger partial charge in [-0.1, -0.05) is 175 Å². The van der Waals surface area contributed by atoms with Gasteiger partial charge in [-0.25, -0.2) is 0 Å². The number of benzene rings is 2. The van der Waals surface area contributed by atoms with E-state index >= 15 is 0 Å².